The van der Waals surface area contributed by atoms with E-state index in [9.17, 15) is 4.21 Å². The molecule has 2 N–H and O–H groups in total. The van der Waals surface area contributed by atoms with E-state index in [1.807, 2.05) is 24.3 Å². The largest absolute Gasteiger partial charge is 0.493 e. The molecule has 0 saturated carbocycles. The summed E-state index contributed by atoms with van der Waals surface area (Å²) in [5, 5.41) is 0. The van der Waals surface area contributed by atoms with Gasteiger partial charge in [0.1, 0.15) is 5.75 Å². The Balaban J connectivity index is 2.24. The van der Waals surface area contributed by atoms with E-state index in [1.54, 1.807) is 7.11 Å². The summed E-state index contributed by atoms with van der Waals surface area (Å²) in [5.41, 5.74) is 6.68. The molecule has 0 aliphatic carbocycles. The van der Waals surface area contributed by atoms with E-state index < -0.39 is 10.8 Å². The first-order valence-electron chi connectivity index (χ1n) is 6.02. The maximum absolute atomic E-state index is 11.5. The normalized spacial score (nSPS) is 12.3. The van der Waals surface area contributed by atoms with Crippen LogP contribution >= 0.6 is 0 Å². The highest BCUT2D eigenvalue weighted by Crippen LogP contribution is 2.12. The topological polar surface area (TPSA) is 61.5 Å². The van der Waals surface area contributed by atoms with E-state index in [0.29, 0.717) is 31.3 Å². The summed E-state index contributed by atoms with van der Waals surface area (Å²) in [6.07, 6.45) is 0.876. The number of nitrogens with two attached hydrogens (primary N) is 1. The number of hydrogen-bond donors (Lipinski definition) is 1. The average Bonchev–Trinajstić information content (AvgIpc) is 2.39. The second-order valence-corrected chi connectivity index (χ2v) is 5.57. The van der Waals surface area contributed by atoms with Crippen LogP contribution in [0.25, 0.3) is 0 Å². The summed E-state index contributed by atoms with van der Waals surface area (Å²) < 4.78 is 21.9. The van der Waals surface area contributed by atoms with Crippen molar-refractivity contribution in [2.45, 2.75) is 6.42 Å². The van der Waals surface area contributed by atoms with Crippen molar-refractivity contribution in [2.24, 2.45) is 5.73 Å². The molecule has 0 aliphatic heterocycles. The van der Waals surface area contributed by atoms with E-state index in [-0.39, 0.29) is 0 Å². The van der Waals surface area contributed by atoms with Crippen molar-refractivity contribution in [3.63, 3.8) is 0 Å². The maximum atomic E-state index is 11.5. The van der Waals surface area contributed by atoms with Crippen LogP contribution in [0, 0.1) is 0 Å². The van der Waals surface area contributed by atoms with Crippen LogP contribution in [0.15, 0.2) is 24.3 Å². The fourth-order valence-electron chi connectivity index (χ4n) is 1.45. The van der Waals surface area contributed by atoms with Crippen molar-refractivity contribution in [1.82, 2.24) is 0 Å². The molecule has 0 bridgehead atoms. The van der Waals surface area contributed by atoms with Gasteiger partial charge < -0.3 is 15.2 Å². The molecule has 1 aromatic rings. The third-order valence-electron chi connectivity index (χ3n) is 2.45. The molecular weight excluding hydrogens is 250 g/mol. The number of hydrogen-bond acceptors (Lipinski definition) is 4. The summed E-state index contributed by atoms with van der Waals surface area (Å²) >= 11 is 0. The van der Waals surface area contributed by atoms with Crippen LogP contribution in [0.4, 0.5) is 0 Å². The Morgan fingerprint density at radius 1 is 1.17 bits per heavy atom. The highest BCUT2D eigenvalue weighted by molar-refractivity contribution is 7.85. The van der Waals surface area contributed by atoms with E-state index in [4.69, 9.17) is 15.2 Å². The van der Waals surface area contributed by atoms with Gasteiger partial charge in [0.2, 0.25) is 0 Å². The molecular formula is C13H21NO3S. The van der Waals surface area contributed by atoms with Crippen LogP contribution in [-0.2, 0) is 22.0 Å². The molecule has 0 radical (unpaired) electrons. The number of methoxy groups -OCH3 is 1. The van der Waals surface area contributed by atoms with Crippen LogP contribution in [0.5, 0.6) is 5.75 Å². The molecule has 4 nitrogen and oxygen atoms in total. The summed E-state index contributed by atoms with van der Waals surface area (Å²) in [7, 11) is 0.740. The van der Waals surface area contributed by atoms with Gasteiger partial charge in [0, 0.05) is 23.7 Å². The standard InChI is InChI=1S/C13H21NO3S/c1-16-8-10-18(15)11-9-17-13-4-2-12(3-5-13)6-7-14/h2-5H,6-11,14H2,1H3. The van der Waals surface area contributed by atoms with Gasteiger partial charge in [-0.25, -0.2) is 0 Å². The Bertz CT molecular complexity index is 354. The fourth-order valence-corrected chi connectivity index (χ4v) is 2.28. The first kappa shape index (κ1) is 15.1. The summed E-state index contributed by atoms with van der Waals surface area (Å²) in [6.45, 7) is 1.64. The predicted molar refractivity (Wildman–Crippen MR) is 74.4 cm³/mol. The Labute approximate surface area is 111 Å². The molecule has 0 aromatic heterocycles. The van der Waals surface area contributed by atoms with Crippen molar-refractivity contribution in [1.29, 1.82) is 0 Å². The molecule has 1 atom stereocenters. The lowest BCUT2D eigenvalue weighted by atomic mass is 10.1. The Kier molecular flexibility index (Phi) is 7.64. The third-order valence-corrected chi connectivity index (χ3v) is 3.70. The molecule has 1 rings (SSSR count). The van der Waals surface area contributed by atoms with Crippen molar-refractivity contribution in [2.75, 3.05) is 38.4 Å². The monoisotopic (exact) mass is 271 g/mol. The summed E-state index contributed by atoms with van der Waals surface area (Å²) in [6, 6.07) is 7.85. The molecule has 0 heterocycles. The average molecular weight is 271 g/mol. The van der Waals surface area contributed by atoms with Crippen molar-refractivity contribution < 1.29 is 13.7 Å². The Hall–Kier alpha value is -0.910. The predicted octanol–water partition coefficient (Wildman–Crippen LogP) is 0.962. The van der Waals surface area contributed by atoms with Crippen LogP contribution in [-0.4, -0.2) is 42.6 Å². The molecule has 18 heavy (non-hydrogen) atoms. The highest BCUT2D eigenvalue weighted by Gasteiger charge is 2.00. The SMILES string of the molecule is COCCS(=O)CCOc1ccc(CCN)cc1. The lowest BCUT2D eigenvalue weighted by Gasteiger charge is -2.07. The smallest absolute Gasteiger partial charge is 0.119 e. The maximum Gasteiger partial charge on any atom is 0.119 e. The minimum atomic E-state index is -0.868. The van der Waals surface area contributed by atoms with Gasteiger partial charge in [0.25, 0.3) is 0 Å². The molecule has 5 heteroatoms. The Morgan fingerprint density at radius 2 is 1.83 bits per heavy atom. The Morgan fingerprint density at radius 3 is 2.44 bits per heavy atom. The van der Waals surface area contributed by atoms with E-state index in [1.165, 1.54) is 5.56 Å². The zero-order chi connectivity index (χ0) is 13.2. The van der Waals surface area contributed by atoms with Crippen LogP contribution in [0.3, 0.4) is 0 Å². The van der Waals surface area contributed by atoms with E-state index in [0.717, 1.165) is 12.2 Å². The van der Waals surface area contributed by atoms with Crippen molar-refractivity contribution in [3.05, 3.63) is 29.8 Å². The van der Waals surface area contributed by atoms with Crippen LogP contribution in [0.1, 0.15) is 5.56 Å². The lowest BCUT2D eigenvalue weighted by Crippen LogP contribution is -2.13. The number of ether oxygens (including phenoxy) is 2. The second kappa shape index (κ2) is 9.08. The number of rotatable bonds is 9. The molecule has 1 aromatic carbocycles. The molecule has 0 amide bonds. The zero-order valence-electron chi connectivity index (χ0n) is 10.8. The number of benzene rings is 1. The van der Waals surface area contributed by atoms with Crippen LogP contribution in [0.2, 0.25) is 0 Å². The second-order valence-electron chi connectivity index (χ2n) is 3.87. The fraction of sp³-hybridized carbons (Fsp3) is 0.538. The lowest BCUT2D eigenvalue weighted by molar-refractivity contribution is 0.218. The zero-order valence-corrected chi connectivity index (χ0v) is 11.6. The van der Waals surface area contributed by atoms with Crippen molar-refractivity contribution in [3.8, 4) is 5.75 Å². The highest BCUT2D eigenvalue weighted by atomic mass is 32.2. The van der Waals surface area contributed by atoms with Gasteiger partial charge >= 0.3 is 0 Å². The quantitative estimate of drug-likeness (QED) is 0.727. The van der Waals surface area contributed by atoms with Gasteiger partial charge in [-0.1, -0.05) is 12.1 Å². The first-order valence-corrected chi connectivity index (χ1v) is 7.50. The van der Waals surface area contributed by atoms with Crippen molar-refractivity contribution >= 4 is 10.8 Å². The summed E-state index contributed by atoms with van der Waals surface area (Å²) in [5.74, 6) is 1.91. The van der Waals surface area contributed by atoms with E-state index in [2.05, 4.69) is 0 Å². The molecule has 1 unspecified atom stereocenters. The minimum absolute atomic E-state index is 0.465. The van der Waals surface area contributed by atoms with E-state index >= 15 is 0 Å². The van der Waals surface area contributed by atoms with Gasteiger partial charge in [0.05, 0.1) is 19.0 Å². The summed E-state index contributed by atoms with van der Waals surface area (Å²) in [4.78, 5) is 0. The van der Waals surface area contributed by atoms with Gasteiger partial charge in [-0.2, -0.15) is 0 Å². The molecule has 102 valence electrons. The van der Waals surface area contributed by atoms with Gasteiger partial charge in [-0.3, -0.25) is 4.21 Å². The molecule has 0 aliphatic rings. The molecule has 0 spiro atoms. The first-order chi connectivity index (χ1) is 8.76. The van der Waals surface area contributed by atoms with Gasteiger partial charge in [0.15, 0.2) is 0 Å². The van der Waals surface area contributed by atoms with Gasteiger partial charge in [-0.15, -0.1) is 0 Å². The van der Waals surface area contributed by atoms with Crippen LogP contribution < -0.4 is 10.5 Å². The molecule has 0 saturated heterocycles. The minimum Gasteiger partial charge on any atom is -0.493 e. The molecule has 0 fully saturated rings. The van der Waals surface area contributed by atoms with Gasteiger partial charge in [-0.05, 0) is 30.7 Å². The third kappa shape index (κ3) is 6.14.